The molecule has 0 saturated carbocycles. The number of carbonyl (C=O) groups is 1. The second-order valence-electron chi connectivity index (χ2n) is 9.23. The Bertz CT molecular complexity index is 1140. The van der Waals surface area contributed by atoms with Crippen molar-refractivity contribution in [1.29, 1.82) is 0 Å². The second kappa shape index (κ2) is 11.5. The Balaban J connectivity index is 1.62. The minimum Gasteiger partial charge on any atom is -0.497 e. The summed E-state index contributed by atoms with van der Waals surface area (Å²) in [6.07, 6.45) is 1.48. The normalized spacial score (nSPS) is 21.1. The number of piperidine rings is 1. The summed E-state index contributed by atoms with van der Waals surface area (Å²) >= 11 is 0. The molecule has 196 valence electrons. The fourth-order valence-corrected chi connectivity index (χ4v) is 6.57. The molecule has 1 unspecified atom stereocenters. The van der Waals surface area contributed by atoms with Crippen molar-refractivity contribution in [3.8, 4) is 17.2 Å². The lowest BCUT2D eigenvalue weighted by Gasteiger charge is -2.42. The first-order valence-electron chi connectivity index (χ1n) is 12.1. The van der Waals surface area contributed by atoms with Crippen LogP contribution in [-0.4, -0.2) is 83.7 Å². The van der Waals surface area contributed by atoms with E-state index >= 15 is 0 Å². The molecular formula is C26H34N2O7S. The molecule has 0 spiro atoms. The third-order valence-electron chi connectivity index (χ3n) is 6.79. The number of para-hydroxylation sites is 1. The maximum Gasteiger partial charge on any atom is 0.246 e. The molecular weight excluding hydrogens is 484 g/mol. The summed E-state index contributed by atoms with van der Waals surface area (Å²) in [7, 11) is -0.995. The van der Waals surface area contributed by atoms with E-state index in [1.807, 2.05) is 30.3 Å². The number of rotatable bonds is 9. The van der Waals surface area contributed by atoms with E-state index < -0.39 is 15.4 Å². The molecule has 2 aliphatic heterocycles. The summed E-state index contributed by atoms with van der Waals surface area (Å²) in [6, 6.07) is 14.1. The number of hydrogen-bond acceptors (Lipinski definition) is 7. The van der Waals surface area contributed by atoms with E-state index in [9.17, 15) is 13.2 Å². The van der Waals surface area contributed by atoms with Gasteiger partial charge in [-0.3, -0.25) is 4.79 Å². The Kier molecular flexibility index (Phi) is 8.38. The highest BCUT2D eigenvalue weighted by Crippen LogP contribution is 2.39. The number of hydrogen-bond donors (Lipinski definition) is 0. The van der Waals surface area contributed by atoms with Crippen molar-refractivity contribution in [1.82, 2.24) is 9.21 Å². The largest absolute Gasteiger partial charge is 0.497 e. The van der Waals surface area contributed by atoms with E-state index in [0.717, 1.165) is 0 Å². The van der Waals surface area contributed by atoms with Crippen molar-refractivity contribution in [2.24, 2.45) is 5.41 Å². The predicted octanol–water partition coefficient (Wildman–Crippen LogP) is 2.80. The highest BCUT2D eigenvalue weighted by molar-refractivity contribution is 7.89. The number of sulfonamides is 1. The zero-order valence-electron chi connectivity index (χ0n) is 20.9. The Morgan fingerprint density at radius 2 is 1.75 bits per heavy atom. The zero-order chi connectivity index (χ0) is 25.6. The van der Waals surface area contributed by atoms with Crippen molar-refractivity contribution in [3.63, 3.8) is 0 Å². The minimum absolute atomic E-state index is 0.00632. The maximum absolute atomic E-state index is 13.8. The lowest BCUT2D eigenvalue weighted by molar-refractivity contribution is -0.139. The number of carbonyl (C=O) groups excluding carboxylic acids is 1. The summed E-state index contributed by atoms with van der Waals surface area (Å²) in [6.45, 7) is 2.84. The van der Waals surface area contributed by atoms with Crippen LogP contribution < -0.4 is 14.2 Å². The molecule has 2 aromatic carbocycles. The fourth-order valence-electron chi connectivity index (χ4n) is 4.80. The predicted molar refractivity (Wildman–Crippen MR) is 134 cm³/mol. The van der Waals surface area contributed by atoms with Crippen LogP contribution in [0.3, 0.4) is 0 Å². The molecule has 2 aromatic rings. The van der Waals surface area contributed by atoms with Crippen molar-refractivity contribution in [3.05, 3.63) is 48.5 Å². The first-order chi connectivity index (χ1) is 17.4. The number of ether oxygens (including phenoxy) is 4. The monoisotopic (exact) mass is 518 g/mol. The standard InChI is InChI=1S/C26H34N2O7S/c1-32-22-9-10-23(33-2)24(17-22)36(30,31)28-12-6-11-26(19-28,20-35-21-7-4-3-5-8-21)18-25(29)27-13-15-34-16-14-27/h3-5,7-10,17H,6,11-16,18-20H2,1-2H3. The number of amides is 1. The van der Waals surface area contributed by atoms with Gasteiger partial charge in [-0.1, -0.05) is 18.2 Å². The van der Waals surface area contributed by atoms with Crippen LogP contribution in [-0.2, 0) is 19.6 Å². The molecule has 2 fully saturated rings. The van der Waals surface area contributed by atoms with Crippen molar-refractivity contribution in [2.45, 2.75) is 24.2 Å². The third kappa shape index (κ3) is 5.93. The quantitative estimate of drug-likeness (QED) is 0.504. The van der Waals surface area contributed by atoms with Gasteiger partial charge in [-0.05, 0) is 37.1 Å². The van der Waals surface area contributed by atoms with Crippen molar-refractivity contribution in [2.75, 3.05) is 60.2 Å². The first-order valence-corrected chi connectivity index (χ1v) is 13.6. The van der Waals surface area contributed by atoms with Gasteiger partial charge < -0.3 is 23.8 Å². The number of benzene rings is 2. The van der Waals surface area contributed by atoms with Crippen LogP contribution in [0.5, 0.6) is 17.2 Å². The molecule has 0 radical (unpaired) electrons. The molecule has 0 aliphatic carbocycles. The van der Waals surface area contributed by atoms with E-state index in [2.05, 4.69) is 0 Å². The lowest BCUT2D eigenvalue weighted by atomic mass is 9.78. The van der Waals surface area contributed by atoms with Gasteiger partial charge in [-0.15, -0.1) is 0 Å². The fraction of sp³-hybridized carbons (Fsp3) is 0.500. The number of methoxy groups -OCH3 is 2. The average molecular weight is 519 g/mol. The Morgan fingerprint density at radius 1 is 1.00 bits per heavy atom. The molecule has 10 heteroatoms. The highest BCUT2D eigenvalue weighted by Gasteiger charge is 2.44. The molecule has 1 amide bonds. The van der Waals surface area contributed by atoms with Gasteiger partial charge in [0.2, 0.25) is 15.9 Å². The van der Waals surface area contributed by atoms with Crippen LogP contribution in [0.4, 0.5) is 0 Å². The van der Waals surface area contributed by atoms with E-state index in [4.69, 9.17) is 18.9 Å². The molecule has 0 N–H and O–H groups in total. The number of morpholine rings is 1. The summed E-state index contributed by atoms with van der Waals surface area (Å²) in [5, 5.41) is 0. The van der Waals surface area contributed by atoms with Gasteiger partial charge in [0.1, 0.15) is 22.1 Å². The van der Waals surface area contributed by atoms with Gasteiger partial charge in [0.25, 0.3) is 0 Å². The van der Waals surface area contributed by atoms with E-state index in [-0.39, 0.29) is 36.1 Å². The van der Waals surface area contributed by atoms with Crippen LogP contribution in [0, 0.1) is 5.41 Å². The van der Waals surface area contributed by atoms with Crippen molar-refractivity contribution >= 4 is 15.9 Å². The summed E-state index contributed by atoms with van der Waals surface area (Å²) in [4.78, 5) is 15.1. The van der Waals surface area contributed by atoms with E-state index in [1.54, 1.807) is 17.0 Å². The number of nitrogens with zero attached hydrogens (tertiary/aromatic N) is 2. The SMILES string of the molecule is COc1ccc(OC)c(S(=O)(=O)N2CCCC(COc3ccccc3)(CC(=O)N3CCOCC3)C2)c1. The molecule has 4 rings (SSSR count). The second-order valence-corrected chi connectivity index (χ2v) is 11.1. The van der Waals surface area contributed by atoms with Crippen LogP contribution in [0.25, 0.3) is 0 Å². The molecule has 2 heterocycles. The van der Waals surface area contributed by atoms with Gasteiger partial charge in [-0.2, -0.15) is 4.31 Å². The van der Waals surface area contributed by atoms with Gasteiger partial charge >= 0.3 is 0 Å². The Labute approximate surface area is 212 Å². The molecule has 1 atom stereocenters. The molecule has 0 aromatic heterocycles. The molecule has 36 heavy (non-hydrogen) atoms. The van der Waals surface area contributed by atoms with Crippen LogP contribution in [0.1, 0.15) is 19.3 Å². The van der Waals surface area contributed by atoms with Gasteiger partial charge in [-0.25, -0.2) is 8.42 Å². The van der Waals surface area contributed by atoms with E-state index in [0.29, 0.717) is 57.2 Å². The smallest absolute Gasteiger partial charge is 0.246 e. The van der Waals surface area contributed by atoms with Crippen LogP contribution >= 0.6 is 0 Å². The summed E-state index contributed by atoms with van der Waals surface area (Å²) < 4.78 is 51.2. The molecule has 2 saturated heterocycles. The lowest BCUT2D eigenvalue weighted by Crippen LogP contribution is -2.51. The topological polar surface area (TPSA) is 94.6 Å². The first kappa shape index (κ1) is 26.2. The molecule has 0 bridgehead atoms. The van der Waals surface area contributed by atoms with Crippen LogP contribution in [0.15, 0.2) is 53.4 Å². The molecule has 2 aliphatic rings. The van der Waals surface area contributed by atoms with Crippen molar-refractivity contribution < 1.29 is 32.2 Å². The summed E-state index contributed by atoms with van der Waals surface area (Å²) in [5.74, 6) is 1.35. The van der Waals surface area contributed by atoms with E-state index in [1.165, 1.54) is 24.6 Å². The molecule has 9 nitrogen and oxygen atoms in total. The summed E-state index contributed by atoms with van der Waals surface area (Å²) in [5.41, 5.74) is -0.678. The highest BCUT2D eigenvalue weighted by atomic mass is 32.2. The minimum atomic E-state index is -3.92. The Morgan fingerprint density at radius 3 is 2.44 bits per heavy atom. The van der Waals surface area contributed by atoms with Crippen LogP contribution in [0.2, 0.25) is 0 Å². The average Bonchev–Trinajstić information content (AvgIpc) is 2.92. The van der Waals surface area contributed by atoms with Gasteiger partial charge in [0.05, 0.1) is 34.0 Å². The van der Waals surface area contributed by atoms with Gasteiger partial charge in [0.15, 0.2) is 0 Å². The zero-order valence-corrected chi connectivity index (χ0v) is 21.7. The maximum atomic E-state index is 13.8. The third-order valence-corrected chi connectivity index (χ3v) is 8.66. The Hall–Kier alpha value is -2.82. The van der Waals surface area contributed by atoms with Gasteiger partial charge in [0, 0.05) is 44.1 Å².